The molecule has 106 valence electrons. The molecular weight excluding hydrogens is 230 g/mol. The Kier molecular flexibility index (Phi) is 5.22. The van der Waals surface area contributed by atoms with Gasteiger partial charge in [-0.15, -0.1) is 0 Å². The van der Waals surface area contributed by atoms with E-state index in [1.165, 1.54) is 22.4 Å². The molecule has 0 saturated carbocycles. The molecule has 2 rings (SSSR count). The van der Waals surface area contributed by atoms with E-state index in [9.17, 15) is 0 Å². The number of fused-ring (bicyclic) bond motifs is 1. The average molecular weight is 259 g/mol. The molecule has 0 saturated heterocycles. The highest BCUT2D eigenvalue weighted by atomic mass is 15.1. The molecule has 1 heteroatoms. The van der Waals surface area contributed by atoms with Gasteiger partial charge >= 0.3 is 0 Å². The van der Waals surface area contributed by atoms with E-state index in [-0.39, 0.29) is 5.41 Å². The van der Waals surface area contributed by atoms with Crippen LogP contribution in [-0.4, -0.2) is 13.6 Å². The van der Waals surface area contributed by atoms with Crippen molar-refractivity contribution >= 4 is 11.8 Å². The van der Waals surface area contributed by atoms with Crippen molar-refractivity contribution in [2.75, 3.05) is 18.5 Å². The first-order valence-electron chi connectivity index (χ1n) is 7.51. The van der Waals surface area contributed by atoms with Gasteiger partial charge in [-0.2, -0.15) is 0 Å². The Hall–Kier alpha value is -1.24. The first-order chi connectivity index (χ1) is 9.01. The molecule has 1 aliphatic rings. The summed E-state index contributed by atoms with van der Waals surface area (Å²) in [6.45, 7) is 14.1. The maximum atomic E-state index is 2.38. The van der Waals surface area contributed by atoms with E-state index in [1.807, 2.05) is 13.8 Å². The quantitative estimate of drug-likeness (QED) is 0.719. The van der Waals surface area contributed by atoms with Crippen LogP contribution in [0.25, 0.3) is 6.08 Å². The van der Waals surface area contributed by atoms with Crippen molar-refractivity contribution in [2.24, 2.45) is 0 Å². The highest BCUT2D eigenvalue weighted by Gasteiger charge is 2.35. The van der Waals surface area contributed by atoms with Crippen LogP contribution in [0.2, 0.25) is 0 Å². The molecule has 0 bridgehead atoms. The summed E-state index contributed by atoms with van der Waals surface area (Å²) in [6.07, 6.45) is 5.54. The number of hydrogen-bond acceptors (Lipinski definition) is 1. The lowest BCUT2D eigenvalue weighted by atomic mass is 9.81. The largest absolute Gasteiger partial charge is 0.373 e. The number of aryl methyl sites for hydroxylation is 1. The molecule has 1 aromatic rings. The lowest BCUT2D eigenvalue weighted by Gasteiger charge is -2.21. The van der Waals surface area contributed by atoms with Crippen LogP contribution in [0, 0.1) is 0 Å². The predicted octanol–water partition coefficient (Wildman–Crippen LogP) is 5.04. The minimum atomic E-state index is 0.254. The maximum Gasteiger partial charge on any atom is 0.0408 e. The van der Waals surface area contributed by atoms with Crippen LogP contribution in [0.4, 0.5) is 5.69 Å². The third kappa shape index (κ3) is 2.86. The lowest BCUT2D eigenvalue weighted by Crippen LogP contribution is -2.25. The molecule has 0 radical (unpaired) electrons. The molecule has 0 amide bonds. The van der Waals surface area contributed by atoms with Crippen LogP contribution in [-0.2, 0) is 11.8 Å². The van der Waals surface area contributed by atoms with Crippen LogP contribution < -0.4 is 4.90 Å². The maximum absolute atomic E-state index is 2.38. The Morgan fingerprint density at radius 3 is 2.42 bits per heavy atom. The number of rotatable bonds is 2. The zero-order chi connectivity index (χ0) is 14.6. The Morgan fingerprint density at radius 1 is 1.26 bits per heavy atom. The second-order valence-corrected chi connectivity index (χ2v) is 5.63. The predicted molar refractivity (Wildman–Crippen MR) is 88.2 cm³/mol. The molecule has 0 N–H and O–H groups in total. The van der Waals surface area contributed by atoms with Crippen LogP contribution in [0.1, 0.15) is 58.2 Å². The third-order valence-electron chi connectivity index (χ3n) is 3.75. The van der Waals surface area contributed by atoms with Crippen molar-refractivity contribution in [2.45, 2.75) is 53.4 Å². The third-order valence-corrected chi connectivity index (χ3v) is 3.75. The Balaban J connectivity index is 0.000000861. The molecule has 0 unspecified atom stereocenters. The van der Waals surface area contributed by atoms with E-state index in [0.29, 0.717) is 0 Å². The summed E-state index contributed by atoms with van der Waals surface area (Å²) in [7, 11) is 2.19. The molecule has 0 spiro atoms. The average Bonchev–Trinajstić information content (AvgIpc) is 2.63. The van der Waals surface area contributed by atoms with Gasteiger partial charge in [-0.05, 0) is 36.1 Å². The minimum absolute atomic E-state index is 0.254. The SMILES string of the molecule is C/C=C\c1c(CC)ccc2c1C(C)(C)CN2C.CC. The van der Waals surface area contributed by atoms with Gasteiger partial charge in [0.15, 0.2) is 0 Å². The molecule has 1 aromatic carbocycles. The molecule has 0 fully saturated rings. The Bertz CT molecular complexity index is 455. The van der Waals surface area contributed by atoms with E-state index in [0.717, 1.165) is 13.0 Å². The first kappa shape index (κ1) is 15.8. The van der Waals surface area contributed by atoms with E-state index in [2.05, 4.69) is 63.9 Å². The summed E-state index contributed by atoms with van der Waals surface area (Å²) in [6, 6.07) is 4.57. The van der Waals surface area contributed by atoms with Crippen molar-refractivity contribution in [3.8, 4) is 0 Å². The lowest BCUT2D eigenvalue weighted by molar-refractivity contribution is 0.562. The molecule has 1 heterocycles. The number of hydrogen-bond donors (Lipinski definition) is 0. The standard InChI is InChI=1S/C16H23N.C2H6/c1-6-8-13-12(7-2)9-10-14-15(13)16(3,4)11-17(14)5;1-2/h6,8-10H,7,11H2,1-5H3;1-2H3/b8-6-;. The van der Waals surface area contributed by atoms with Crippen molar-refractivity contribution in [1.82, 2.24) is 0 Å². The zero-order valence-electron chi connectivity index (χ0n) is 13.7. The number of allylic oxidation sites excluding steroid dienone is 1. The fourth-order valence-electron chi connectivity index (χ4n) is 3.10. The molecule has 0 atom stereocenters. The van der Waals surface area contributed by atoms with Gasteiger partial charge in [-0.25, -0.2) is 0 Å². The molecule has 0 aromatic heterocycles. The van der Waals surface area contributed by atoms with Crippen molar-refractivity contribution < 1.29 is 0 Å². The van der Waals surface area contributed by atoms with E-state index < -0.39 is 0 Å². The fourth-order valence-corrected chi connectivity index (χ4v) is 3.10. The normalized spacial score (nSPS) is 16.3. The number of anilines is 1. The van der Waals surface area contributed by atoms with Gasteiger partial charge in [0.25, 0.3) is 0 Å². The Labute approximate surface area is 119 Å². The van der Waals surface area contributed by atoms with Crippen LogP contribution >= 0.6 is 0 Å². The van der Waals surface area contributed by atoms with Crippen LogP contribution in [0.5, 0.6) is 0 Å². The minimum Gasteiger partial charge on any atom is -0.373 e. The number of nitrogens with zero attached hydrogens (tertiary/aromatic N) is 1. The number of likely N-dealkylation sites (N-methyl/N-ethyl adjacent to an activating group) is 1. The topological polar surface area (TPSA) is 3.24 Å². The summed E-state index contributed by atoms with van der Waals surface area (Å²) in [4.78, 5) is 2.38. The second-order valence-electron chi connectivity index (χ2n) is 5.63. The summed E-state index contributed by atoms with van der Waals surface area (Å²) in [5.74, 6) is 0. The molecule has 0 aliphatic carbocycles. The fraction of sp³-hybridized carbons (Fsp3) is 0.556. The van der Waals surface area contributed by atoms with Gasteiger partial charge in [0.2, 0.25) is 0 Å². The summed E-state index contributed by atoms with van der Waals surface area (Å²) in [5, 5.41) is 0. The Morgan fingerprint density at radius 2 is 1.89 bits per heavy atom. The molecule has 1 aliphatic heterocycles. The first-order valence-corrected chi connectivity index (χ1v) is 7.51. The van der Waals surface area contributed by atoms with E-state index in [1.54, 1.807) is 0 Å². The van der Waals surface area contributed by atoms with Crippen LogP contribution in [0.15, 0.2) is 18.2 Å². The van der Waals surface area contributed by atoms with Crippen molar-refractivity contribution in [3.63, 3.8) is 0 Å². The van der Waals surface area contributed by atoms with Gasteiger partial charge < -0.3 is 4.90 Å². The summed E-state index contributed by atoms with van der Waals surface area (Å²) in [5.41, 5.74) is 6.09. The van der Waals surface area contributed by atoms with Gasteiger partial charge in [0, 0.05) is 24.7 Å². The van der Waals surface area contributed by atoms with Gasteiger partial charge in [-0.3, -0.25) is 0 Å². The van der Waals surface area contributed by atoms with Crippen molar-refractivity contribution in [3.05, 3.63) is 34.9 Å². The summed E-state index contributed by atoms with van der Waals surface area (Å²) < 4.78 is 0. The summed E-state index contributed by atoms with van der Waals surface area (Å²) >= 11 is 0. The number of benzene rings is 1. The molecular formula is C18H29N. The van der Waals surface area contributed by atoms with Gasteiger partial charge in [0.05, 0.1) is 0 Å². The molecule has 19 heavy (non-hydrogen) atoms. The smallest absolute Gasteiger partial charge is 0.0408 e. The second kappa shape index (κ2) is 6.27. The molecule has 1 nitrogen and oxygen atoms in total. The van der Waals surface area contributed by atoms with E-state index >= 15 is 0 Å². The zero-order valence-corrected chi connectivity index (χ0v) is 13.7. The van der Waals surface area contributed by atoms with Crippen LogP contribution in [0.3, 0.4) is 0 Å². The highest BCUT2D eigenvalue weighted by molar-refractivity contribution is 5.73. The van der Waals surface area contributed by atoms with Gasteiger partial charge in [-0.1, -0.05) is 52.8 Å². The monoisotopic (exact) mass is 259 g/mol. The van der Waals surface area contributed by atoms with Crippen molar-refractivity contribution in [1.29, 1.82) is 0 Å². The highest BCUT2D eigenvalue weighted by Crippen LogP contribution is 2.43. The van der Waals surface area contributed by atoms with E-state index in [4.69, 9.17) is 0 Å². The van der Waals surface area contributed by atoms with Gasteiger partial charge in [0.1, 0.15) is 0 Å².